The van der Waals surface area contributed by atoms with Gasteiger partial charge in [-0.2, -0.15) is 0 Å². The van der Waals surface area contributed by atoms with Gasteiger partial charge in [-0.1, -0.05) is 36.4 Å². The van der Waals surface area contributed by atoms with Gasteiger partial charge in [0.25, 0.3) is 5.91 Å². The SMILES string of the molecule is COC(=O)[C@@H](NCCc1ccc2c(c1)COC2=C1C(=O)Nc2ccccc21)[C@@H](C)O. The van der Waals surface area contributed by atoms with Gasteiger partial charge in [-0.05, 0) is 25.0 Å². The second-order valence-corrected chi connectivity index (χ2v) is 7.43. The third kappa shape index (κ3) is 3.69. The molecule has 2 aliphatic rings. The maximum atomic E-state index is 12.5. The summed E-state index contributed by atoms with van der Waals surface area (Å²) in [6.07, 6.45) is -0.177. The van der Waals surface area contributed by atoms with Crippen molar-refractivity contribution in [2.45, 2.75) is 32.1 Å². The van der Waals surface area contributed by atoms with Gasteiger partial charge in [0, 0.05) is 28.9 Å². The van der Waals surface area contributed by atoms with Crippen LogP contribution in [0.3, 0.4) is 0 Å². The molecule has 0 bridgehead atoms. The number of aliphatic hydroxyl groups is 1. The zero-order valence-corrected chi connectivity index (χ0v) is 16.9. The molecular weight excluding hydrogens is 384 g/mol. The highest BCUT2D eigenvalue weighted by atomic mass is 16.5. The van der Waals surface area contributed by atoms with Crippen molar-refractivity contribution in [1.82, 2.24) is 5.32 Å². The van der Waals surface area contributed by atoms with E-state index in [0.717, 1.165) is 27.9 Å². The van der Waals surface area contributed by atoms with Crippen LogP contribution in [-0.2, 0) is 32.1 Å². The maximum Gasteiger partial charge on any atom is 0.325 e. The van der Waals surface area contributed by atoms with Crippen LogP contribution in [0.2, 0.25) is 0 Å². The van der Waals surface area contributed by atoms with E-state index in [2.05, 4.69) is 16.7 Å². The number of nitrogens with one attached hydrogen (secondary N) is 2. The lowest BCUT2D eigenvalue weighted by Crippen LogP contribution is -2.46. The van der Waals surface area contributed by atoms with Crippen molar-refractivity contribution in [1.29, 1.82) is 0 Å². The molecule has 30 heavy (non-hydrogen) atoms. The van der Waals surface area contributed by atoms with E-state index in [1.807, 2.05) is 36.4 Å². The van der Waals surface area contributed by atoms with E-state index < -0.39 is 18.1 Å². The first-order valence-electron chi connectivity index (χ1n) is 9.89. The number of rotatable bonds is 6. The number of para-hydroxylation sites is 1. The van der Waals surface area contributed by atoms with Crippen LogP contribution in [0.4, 0.5) is 5.69 Å². The third-order valence-electron chi connectivity index (χ3n) is 5.40. The normalized spacial score (nSPS) is 18.8. The van der Waals surface area contributed by atoms with E-state index in [1.54, 1.807) is 6.92 Å². The van der Waals surface area contributed by atoms with Crippen LogP contribution in [0, 0.1) is 0 Å². The lowest BCUT2D eigenvalue weighted by Gasteiger charge is -2.19. The molecule has 7 heteroatoms. The van der Waals surface area contributed by atoms with Crippen LogP contribution in [0.1, 0.15) is 29.2 Å². The average molecular weight is 408 g/mol. The Labute approximate surface area is 174 Å². The summed E-state index contributed by atoms with van der Waals surface area (Å²) in [6.45, 7) is 2.46. The van der Waals surface area contributed by atoms with Crippen LogP contribution >= 0.6 is 0 Å². The molecule has 2 heterocycles. The Hall–Kier alpha value is -3.16. The minimum atomic E-state index is -0.847. The maximum absolute atomic E-state index is 12.5. The molecule has 0 aliphatic carbocycles. The van der Waals surface area contributed by atoms with Gasteiger partial charge in [-0.15, -0.1) is 0 Å². The number of amides is 1. The van der Waals surface area contributed by atoms with E-state index >= 15 is 0 Å². The molecule has 2 atom stereocenters. The fraction of sp³-hybridized carbons (Fsp3) is 0.304. The number of anilines is 1. The predicted octanol–water partition coefficient (Wildman–Crippen LogP) is 2.09. The summed E-state index contributed by atoms with van der Waals surface area (Å²) in [6, 6.07) is 12.8. The molecule has 0 radical (unpaired) electrons. The molecule has 156 valence electrons. The van der Waals surface area contributed by atoms with Gasteiger partial charge in [0.15, 0.2) is 0 Å². The molecule has 2 aromatic carbocycles. The van der Waals surface area contributed by atoms with Crippen molar-refractivity contribution >= 4 is 28.9 Å². The van der Waals surface area contributed by atoms with Crippen LogP contribution in [0.25, 0.3) is 11.3 Å². The van der Waals surface area contributed by atoms with Gasteiger partial charge in [-0.3, -0.25) is 9.59 Å². The van der Waals surface area contributed by atoms with Crippen molar-refractivity contribution in [2.75, 3.05) is 19.0 Å². The number of hydrogen-bond acceptors (Lipinski definition) is 6. The molecule has 2 aromatic rings. The topological polar surface area (TPSA) is 96.9 Å². The third-order valence-corrected chi connectivity index (χ3v) is 5.40. The lowest BCUT2D eigenvalue weighted by molar-refractivity contribution is -0.145. The number of fused-ring (bicyclic) bond motifs is 2. The summed E-state index contributed by atoms with van der Waals surface area (Å²) < 4.78 is 10.6. The molecule has 7 nitrogen and oxygen atoms in total. The Morgan fingerprint density at radius 1 is 1.27 bits per heavy atom. The Morgan fingerprint density at radius 3 is 2.83 bits per heavy atom. The van der Waals surface area contributed by atoms with Crippen molar-refractivity contribution < 1.29 is 24.2 Å². The number of ether oxygens (including phenoxy) is 2. The smallest absolute Gasteiger partial charge is 0.325 e. The summed E-state index contributed by atoms with van der Waals surface area (Å²) in [7, 11) is 1.30. The predicted molar refractivity (Wildman–Crippen MR) is 112 cm³/mol. The fourth-order valence-electron chi connectivity index (χ4n) is 3.87. The Bertz CT molecular complexity index is 1030. The zero-order chi connectivity index (χ0) is 21.3. The highest BCUT2D eigenvalue weighted by molar-refractivity contribution is 6.36. The van der Waals surface area contributed by atoms with Gasteiger partial charge in [0.05, 0.1) is 18.8 Å². The number of esters is 1. The van der Waals surface area contributed by atoms with Gasteiger partial charge in [-0.25, -0.2) is 0 Å². The standard InChI is InChI=1S/C23H24N2O5/c1-13(26)20(23(28)29-2)24-10-9-14-7-8-16-15(11-14)12-30-21(16)19-17-5-3-4-6-18(17)25-22(19)27/h3-8,11,13,20,24,26H,9-10,12H2,1-2H3,(H,25,27)/t13-,20+/m1/s1. The number of aliphatic hydroxyl groups excluding tert-OH is 1. The van der Waals surface area contributed by atoms with Gasteiger partial charge in [0.2, 0.25) is 0 Å². The number of carbonyl (C=O) groups excluding carboxylic acids is 2. The van der Waals surface area contributed by atoms with Crippen molar-refractivity contribution in [3.05, 3.63) is 64.7 Å². The minimum absolute atomic E-state index is 0.153. The Balaban J connectivity index is 1.51. The summed E-state index contributed by atoms with van der Waals surface area (Å²) in [5.74, 6) is -0.0324. The first kappa shape index (κ1) is 20.1. The van der Waals surface area contributed by atoms with Gasteiger partial charge >= 0.3 is 5.97 Å². The van der Waals surface area contributed by atoms with Crippen LogP contribution in [0.5, 0.6) is 0 Å². The molecule has 3 N–H and O–H groups in total. The molecule has 0 aromatic heterocycles. The molecule has 0 saturated carbocycles. The van der Waals surface area contributed by atoms with Crippen molar-refractivity contribution in [2.24, 2.45) is 0 Å². The zero-order valence-electron chi connectivity index (χ0n) is 16.9. The van der Waals surface area contributed by atoms with Gasteiger partial charge in [0.1, 0.15) is 18.4 Å². The number of benzene rings is 2. The molecule has 2 aliphatic heterocycles. The van der Waals surface area contributed by atoms with Gasteiger partial charge < -0.3 is 25.2 Å². The molecule has 0 fully saturated rings. The van der Waals surface area contributed by atoms with E-state index in [1.165, 1.54) is 7.11 Å². The molecule has 0 unspecified atom stereocenters. The number of carbonyl (C=O) groups is 2. The summed E-state index contributed by atoms with van der Waals surface area (Å²) in [5, 5.41) is 15.7. The second-order valence-electron chi connectivity index (χ2n) is 7.43. The number of methoxy groups -OCH3 is 1. The summed E-state index contributed by atoms with van der Waals surface area (Å²) >= 11 is 0. The molecular formula is C23H24N2O5. The van der Waals surface area contributed by atoms with Crippen LogP contribution < -0.4 is 10.6 Å². The van der Waals surface area contributed by atoms with Crippen LogP contribution in [-0.4, -0.2) is 42.8 Å². The van der Waals surface area contributed by atoms with Crippen LogP contribution in [0.15, 0.2) is 42.5 Å². The summed E-state index contributed by atoms with van der Waals surface area (Å²) in [5.41, 5.74) is 5.23. The highest BCUT2D eigenvalue weighted by Crippen LogP contribution is 2.41. The molecule has 0 spiro atoms. The molecule has 4 rings (SSSR count). The lowest BCUT2D eigenvalue weighted by atomic mass is 9.98. The minimum Gasteiger partial charge on any atom is -0.487 e. The Kier molecular flexibility index (Phi) is 5.57. The first-order valence-corrected chi connectivity index (χ1v) is 9.89. The van der Waals surface area contributed by atoms with E-state index in [9.17, 15) is 14.7 Å². The quantitative estimate of drug-likeness (QED) is 0.500. The molecule has 1 amide bonds. The van der Waals surface area contributed by atoms with Crippen molar-refractivity contribution in [3.63, 3.8) is 0 Å². The summed E-state index contributed by atoms with van der Waals surface area (Å²) in [4.78, 5) is 24.2. The highest BCUT2D eigenvalue weighted by Gasteiger charge is 2.32. The number of hydrogen-bond donors (Lipinski definition) is 3. The van der Waals surface area contributed by atoms with E-state index in [0.29, 0.717) is 30.9 Å². The monoisotopic (exact) mass is 408 g/mol. The van der Waals surface area contributed by atoms with Crippen molar-refractivity contribution in [3.8, 4) is 0 Å². The fourth-order valence-corrected chi connectivity index (χ4v) is 3.87. The average Bonchev–Trinajstić information content (AvgIpc) is 3.29. The first-order chi connectivity index (χ1) is 14.5. The van der Waals surface area contributed by atoms with E-state index in [4.69, 9.17) is 9.47 Å². The Morgan fingerprint density at radius 2 is 2.07 bits per heavy atom. The largest absolute Gasteiger partial charge is 0.487 e. The van der Waals surface area contributed by atoms with E-state index in [-0.39, 0.29) is 5.91 Å². The molecule has 0 saturated heterocycles. The second kappa shape index (κ2) is 8.30.